The minimum absolute atomic E-state index is 0.0801. The number of anilines is 1. The molecule has 0 radical (unpaired) electrons. The molecule has 1 unspecified atom stereocenters. The van der Waals surface area contributed by atoms with E-state index in [-0.39, 0.29) is 18.3 Å². The van der Waals surface area contributed by atoms with Gasteiger partial charge in [0.05, 0.1) is 18.5 Å². The molecule has 10 nitrogen and oxygen atoms in total. The molecule has 172 valence electrons. The van der Waals surface area contributed by atoms with E-state index in [1.807, 2.05) is 12.1 Å². The summed E-state index contributed by atoms with van der Waals surface area (Å²) in [7, 11) is 0. The van der Waals surface area contributed by atoms with Gasteiger partial charge in [0, 0.05) is 12.0 Å². The van der Waals surface area contributed by atoms with E-state index in [0.29, 0.717) is 28.7 Å². The quantitative estimate of drug-likeness (QED) is 0.403. The van der Waals surface area contributed by atoms with Crippen LogP contribution in [0.25, 0.3) is 11.2 Å². The number of imidazole rings is 1. The highest BCUT2D eigenvalue weighted by Crippen LogP contribution is 2.33. The number of ether oxygens (including phenoxy) is 2. The van der Waals surface area contributed by atoms with E-state index < -0.39 is 24.4 Å². The first-order valence-electron chi connectivity index (χ1n) is 11.1. The maximum absolute atomic E-state index is 12.6. The van der Waals surface area contributed by atoms with Crippen molar-refractivity contribution in [2.45, 2.75) is 24.9 Å². The molecule has 0 saturated carbocycles. The summed E-state index contributed by atoms with van der Waals surface area (Å²) >= 11 is 0. The number of aromatic nitrogens is 4. The number of esters is 1. The zero-order chi connectivity index (χ0) is 24.2. The Morgan fingerprint density at radius 2 is 1.82 bits per heavy atom. The molecule has 3 atom stereocenters. The van der Waals surface area contributed by atoms with Gasteiger partial charge in [0.15, 0.2) is 17.0 Å². The van der Waals surface area contributed by atoms with E-state index in [4.69, 9.17) is 10.9 Å². The Labute approximate surface area is 195 Å². The van der Waals surface area contributed by atoms with Crippen molar-refractivity contribution in [1.82, 2.24) is 19.5 Å². The van der Waals surface area contributed by atoms with Crippen LogP contribution in [0.2, 0.25) is 0 Å². The number of carbonyl (C=O) groups excluding carboxylic acids is 2. The van der Waals surface area contributed by atoms with Gasteiger partial charge in [-0.15, -0.1) is 0 Å². The first kappa shape index (κ1) is 20.5. The number of rotatable bonds is 7. The van der Waals surface area contributed by atoms with Gasteiger partial charge in [-0.1, -0.05) is 36.4 Å². The molecular formula is C24H21N5O5. The Bertz CT molecular complexity index is 1330. The van der Waals surface area contributed by atoms with Crippen LogP contribution in [0.1, 0.15) is 33.4 Å². The summed E-state index contributed by atoms with van der Waals surface area (Å²) in [4.78, 5) is 38.0. The standard InChI is InChI=1S/C24H21N5O5/c30-12-18-17(34-24(32)16-9-5-2-6-10-16)11-19(33-18)29-14-27-20-21(25-13-26-22(20)29)28-23(31)15-7-3-1-4-8-15/h1-10,13-14,17-19,30H,11-12H2,(H,25,26,28,31)/t17?,18-,19-/m1/s1/i30D. The van der Waals surface area contributed by atoms with Gasteiger partial charge < -0.3 is 19.9 Å². The van der Waals surface area contributed by atoms with Crippen LogP contribution in [-0.2, 0) is 9.47 Å². The summed E-state index contributed by atoms with van der Waals surface area (Å²) < 4.78 is 20.5. The highest BCUT2D eigenvalue weighted by Gasteiger charge is 2.39. The van der Waals surface area contributed by atoms with Crippen molar-refractivity contribution >= 4 is 28.9 Å². The fraction of sp³-hybridized carbons (Fsp3) is 0.208. The fourth-order valence-corrected chi connectivity index (χ4v) is 3.85. The maximum atomic E-state index is 12.6. The van der Waals surface area contributed by atoms with E-state index in [0.717, 1.165) is 0 Å². The lowest BCUT2D eigenvalue weighted by atomic mass is 10.1. The molecule has 34 heavy (non-hydrogen) atoms. The van der Waals surface area contributed by atoms with Crippen LogP contribution in [0.5, 0.6) is 0 Å². The summed E-state index contributed by atoms with van der Waals surface area (Å²) in [6.45, 7) is -0.0801. The molecule has 4 aromatic rings. The molecule has 1 aliphatic heterocycles. The van der Waals surface area contributed by atoms with Crippen LogP contribution in [0.15, 0.2) is 73.3 Å². The SMILES string of the molecule is [2H]OC[C@H]1O[C@@H](n2cnc3c(NC(=O)c4ccccc4)ncnc32)CC1OC(=O)c1ccccc1. The monoisotopic (exact) mass is 460 g/mol. The van der Waals surface area contributed by atoms with E-state index in [1.165, 1.54) is 12.7 Å². The third kappa shape index (κ3) is 4.24. The van der Waals surface area contributed by atoms with Crippen LogP contribution >= 0.6 is 0 Å². The largest absolute Gasteiger partial charge is 0.456 e. The second kappa shape index (κ2) is 9.38. The number of benzene rings is 2. The number of aliphatic hydroxyl groups is 1. The highest BCUT2D eigenvalue weighted by atomic mass is 16.6. The topological polar surface area (TPSA) is 128 Å². The lowest BCUT2D eigenvalue weighted by Crippen LogP contribution is -2.30. The summed E-state index contributed by atoms with van der Waals surface area (Å²) in [5, 5.41) is 7.30. The maximum Gasteiger partial charge on any atom is 0.338 e. The average Bonchev–Trinajstić information content (AvgIpc) is 3.50. The van der Waals surface area contributed by atoms with Crippen molar-refractivity contribution in [3.8, 4) is 0 Å². The van der Waals surface area contributed by atoms with Gasteiger partial charge in [0.1, 0.15) is 24.8 Å². The van der Waals surface area contributed by atoms with Gasteiger partial charge in [-0.2, -0.15) is 0 Å². The lowest BCUT2D eigenvalue weighted by molar-refractivity contribution is -0.0500. The molecular weight excluding hydrogens is 438 g/mol. The van der Waals surface area contributed by atoms with Crippen molar-refractivity contribution in [3.63, 3.8) is 0 Å². The highest BCUT2D eigenvalue weighted by molar-refractivity contribution is 6.06. The zero-order valence-electron chi connectivity index (χ0n) is 18.9. The van der Waals surface area contributed by atoms with Crippen molar-refractivity contribution in [2.75, 3.05) is 11.9 Å². The Balaban J connectivity index is 1.36. The summed E-state index contributed by atoms with van der Waals surface area (Å²) in [6.07, 6.45) is 1.28. The molecule has 1 amide bonds. The number of amides is 1. The van der Waals surface area contributed by atoms with Gasteiger partial charge in [0.2, 0.25) is 1.43 Å². The Kier molecular flexibility index (Phi) is 5.64. The minimum atomic E-state index is -0.651. The second-order valence-electron chi connectivity index (χ2n) is 7.71. The van der Waals surface area contributed by atoms with Crippen molar-refractivity contribution < 1.29 is 24.2 Å². The van der Waals surface area contributed by atoms with Crippen LogP contribution in [-0.4, -0.2) is 56.8 Å². The van der Waals surface area contributed by atoms with E-state index in [1.54, 1.807) is 53.1 Å². The molecule has 10 heteroatoms. The lowest BCUT2D eigenvalue weighted by Gasteiger charge is -2.16. The molecule has 0 spiro atoms. The number of nitrogens with one attached hydrogen (secondary N) is 1. The molecule has 2 aromatic heterocycles. The zero-order valence-corrected chi connectivity index (χ0v) is 17.9. The second-order valence-corrected chi connectivity index (χ2v) is 7.71. The van der Waals surface area contributed by atoms with Gasteiger partial charge in [-0.05, 0) is 24.3 Å². The first-order valence-corrected chi connectivity index (χ1v) is 10.7. The number of hydrogen-bond acceptors (Lipinski definition) is 8. The third-order valence-corrected chi connectivity index (χ3v) is 5.55. The van der Waals surface area contributed by atoms with Gasteiger partial charge in [0.25, 0.3) is 5.91 Å². The van der Waals surface area contributed by atoms with E-state index in [2.05, 4.69) is 25.4 Å². The van der Waals surface area contributed by atoms with Gasteiger partial charge >= 0.3 is 5.97 Å². The Morgan fingerprint density at radius 1 is 1.09 bits per heavy atom. The molecule has 1 fully saturated rings. The molecule has 0 aliphatic carbocycles. The van der Waals surface area contributed by atoms with Gasteiger partial charge in [-0.25, -0.2) is 19.7 Å². The number of carbonyl (C=O) groups is 2. The van der Waals surface area contributed by atoms with Crippen molar-refractivity contribution in [3.05, 3.63) is 84.4 Å². The molecule has 1 aliphatic rings. The van der Waals surface area contributed by atoms with Gasteiger partial charge in [-0.3, -0.25) is 9.36 Å². The third-order valence-electron chi connectivity index (χ3n) is 5.55. The molecule has 0 bridgehead atoms. The average molecular weight is 460 g/mol. The number of fused-ring (bicyclic) bond motifs is 1. The number of hydrogen-bond donors (Lipinski definition) is 2. The fourth-order valence-electron chi connectivity index (χ4n) is 3.85. The summed E-state index contributed by atoms with van der Waals surface area (Å²) in [6, 6.07) is 17.4. The molecule has 3 heterocycles. The minimum Gasteiger partial charge on any atom is -0.456 e. The van der Waals surface area contributed by atoms with Crippen molar-refractivity contribution in [2.24, 2.45) is 0 Å². The van der Waals surface area contributed by atoms with E-state index >= 15 is 0 Å². The smallest absolute Gasteiger partial charge is 0.338 e. The van der Waals surface area contributed by atoms with E-state index in [9.17, 15) is 9.59 Å². The summed E-state index contributed by atoms with van der Waals surface area (Å²) in [5.74, 6) is -0.546. The molecule has 2 N–H and O–H groups in total. The van der Waals surface area contributed by atoms with Crippen LogP contribution in [0, 0.1) is 0 Å². The summed E-state index contributed by atoms with van der Waals surface area (Å²) in [5.41, 5.74) is 1.73. The van der Waals surface area contributed by atoms with Crippen LogP contribution < -0.4 is 5.32 Å². The normalized spacial score (nSPS) is 20.1. The van der Waals surface area contributed by atoms with Crippen LogP contribution in [0.3, 0.4) is 0 Å². The Morgan fingerprint density at radius 3 is 2.56 bits per heavy atom. The van der Waals surface area contributed by atoms with Crippen molar-refractivity contribution in [1.29, 1.82) is 1.43 Å². The molecule has 5 rings (SSSR count). The first-order chi connectivity index (χ1) is 17.1. The molecule has 2 aromatic carbocycles. The number of aliphatic hydroxyl groups excluding tert-OH is 1. The Hall–Kier alpha value is -4.15. The predicted molar refractivity (Wildman–Crippen MR) is 121 cm³/mol. The molecule has 1 saturated heterocycles. The predicted octanol–water partition coefficient (Wildman–Crippen LogP) is 2.58. The number of nitrogens with zero attached hydrogens (tertiary/aromatic N) is 4. The van der Waals surface area contributed by atoms with Crippen LogP contribution in [0.4, 0.5) is 5.82 Å².